The topological polar surface area (TPSA) is 56.1 Å². The molecule has 5 heteroatoms. The van der Waals surface area contributed by atoms with Gasteiger partial charge in [-0.25, -0.2) is 4.98 Å². The van der Waals surface area contributed by atoms with Gasteiger partial charge in [-0.05, 0) is 24.6 Å². The summed E-state index contributed by atoms with van der Waals surface area (Å²) in [5.74, 6) is 0.612. The number of rotatable bonds is 4. The highest BCUT2D eigenvalue weighted by molar-refractivity contribution is 5.87. The van der Waals surface area contributed by atoms with Gasteiger partial charge in [0.2, 0.25) is 5.91 Å². The summed E-state index contributed by atoms with van der Waals surface area (Å²) in [6, 6.07) is 9.87. The number of aromatic nitrogens is 2. The first-order valence-corrected chi connectivity index (χ1v) is 6.93. The molecule has 1 aromatic carbocycles. The van der Waals surface area contributed by atoms with E-state index in [2.05, 4.69) is 16.9 Å². The molecule has 0 radical (unpaired) electrons. The van der Waals surface area contributed by atoms with E-state index in [9.17, 15) is 4.79 Å². The van der Waals surface area contributed by atoms with E-state index in [0.29, 0.717) is 6.61 Å². The molecule has 5 nitrogen and oxygen atoms in total. The van der Waals surface area contributed by atoms with Gasteiger partial charge in [0.15, 0.2) is 0 Å². The molecule has 0 unspecified atom stereocenters. The Bertz CT molecular complexity index is 636. The number of imidazole rings is 1. The van der Waals surface area contributed by atoms with Gasteiger partial charge >= 0.3 is 0 Å². The lowest BCUT2D eigenvalue weighted by Gasteiger charge is -2.20. The van der Waals surface area contributed by atoms with Crippen LogP contribution in [0.2, 0.25) is 0 Å². The minimum atomic E-state index is -0.246. The minimum absolute atomic E-state index is 0.0830. The van der Waals surface area contributed by atoms with Crippen molar-refractivity contribution in [3.63, 3.8) is 0 Å². The summed E-state index contributed by atoms with van der Waals surface area (Å²) in [7, 11) is 0. The largest absolute Gasteiger partial charge is 0.368 e. The van der Waals surface area contributed by atoms with E-state index < -0.39 is 0 Å². The minimum Gasteiger partial charge on any atom is -0.368 e. The maximum absolute atomic E-state index is 11.5. The van der Waals surface area contributed by atoms with Gasteiger partial charge in [-0.2, -0.15) is 0 Å². The van der Waals surface area contributed by atoms with Gasteiger partial charge in [0.05, 0.1) is 6.04 Å². The van der Waals surface area contributed by atoms with Crippen molar-refractivity contribution in [3.8, 4) is 5.69 Å². The van der Waals surface area contributed by atoms with Gasteiger partial charge in [-0.3, -0.25) is 4.79 Å². The van der Waals surface area contributed by atoms with Crippen molar-refractivity contribution in [2.45, 2.75) is 18.6 Å². The zero-order chi connectivity index (χ0) is 14.7. The number of nitrogens with zero attached hydrogens (tertiary/aromatic N) is 2. The van der Waals surface area contributed by atoms with Gasteiger partial charge in [0, 0.05) is 24.7 Å². The van der Waals surface area contributed by atoms with E-state index in [1.807, 2.05) is 41.1 Å². The highest BCUT2D eigenvalue weighted by Crippen LogP contribution is 2.29. The monoisotopic (exact) mass is 283 g/mol. The third-order valence-electron chi connectivity index (χ3n) is 3.56. The van der Waals surface area contributed by atoms with E-state index in [-0.39, 0.29) is 18.1 Å². The average Bonchev–Trinajstić information content (AvgIpc) is 3.16. The zero-order valence-electron chi connectivity index (χ0n) is 11.6. The molecule has 3 rings (SSSR count). The number of ether oxygens (including phenoxy) is 1. The first kappa shape index (κ1) is 13.6. The first-order valence-electron chi connectivity index (χ1n) is 6.93. The predicted molar refractivity (Wildman–Crippen MR) is 79.0 cm³/mol. The maximum Gasteiger partial charge on any atom is 0.243 e. The van der Waals surface area contributed by atoms with Crippen molar-refractivity contribution in [2.75, 3.05) is 6.61 Å². The van der Waals surface area contributed by atoms with Crippen LogP contribution in [0.1, 0.15) is 18.3 Å². The van der Waals surface area contributed by atoms with Crippen LogP contribution in [0, 0.1) is 0 Å². The summed E-state index contributed by atoms with van der Waals surface area (Å²) in [4.78, 5) is 15.9. The molecule has 21 heavy (non-hydrogen) atoms. The van der Waals surface area contributed by atoms with Crippen LogP contribution in [0.5, 0.6) is 0 Å². The van der Waals surface area contributed by atoms with Crippen molar-refractivity contribution >= 4 is 5.91 Å². The molecule has 1 aliphatic heterocycles. The molecule has 1 aliphatic rings. The second-order valence-corrected chi connectivity index (χ2v) is 4.89. The van der Waals surface area contributed by atoms with Crippen LogP contribution in [0.4, 0.5) is 0 Å². The van der Waals surface area contributed by atoms with Crippen LogP contribution in [0.15, 0.2) is 55.4 Å². The van der Waals surface area contributed by atoms with Crippen LogP contribution in [0.25, 0.3) is 5.69 Å². The average molecular weight is 283 g/mol. The molecule has 0 bridgehead atoms. The predicted octanol–water partition coefficient (Wildman–Crippen LogP) is 2.00. The highest BCUT2D eigenvalue weighted by Gasteiger charge is 2.33. The molecular formula is C16H17N3O2. The molecule has 2 aromatic rings. The Labute approximate surface area is 123 Å². The Morgan fingerprint density at radius 1 is 1.43 bits per heavy atom. The van der Waals surface area contributed by atoms with Gasteiger partial charge in [-0.15, -0.1) is 0 Å². The molecular weight excluding hydrogens is 266 g/mol. The molecule has 108 valence electrons. The van der Waals surface area contributed by atoms with Crippen LogP contribution in [-0.2, 0) is 9.53 Å². The Balaban J connectivity index is 1.89. The Hall–Kier alpha value is -2.40. The molecule has 1 saturated heterocycles. The summed E-state index contributed by atoms with van der Waals surface area (Å²) in [6.45, 7) is 4.09. The second-order valence-electron chi connectivity index (χ2n) is 4.89. The zero-order valence-corrected chi connectivity index (χ0v) is 11.6. The fourth-order valence-corrected chi connectivity index (χ4v) is 2.57. The van der Waals surface area contributed by atoms with Gasteiger partial charge < -0.3 is 14.6 Å². The molecule has 1 N–H and O–H groups in total. The molecule has 1 amide bonds. The van der Waals surface area contributed by atoms with Crippen LogP contribution >= 0.6 is 0 Å². The molecule has 2 atom stereocenters. The van der Waals surface area contributed by atoms with Crippen molar-refractivity contribution in [2.24, 2.45) is 0 Å². The number of benzene rings is 1. The number of hydrogen-bond acceptors (Lipinski definition) is 3. The molecule has 0 spiro atoms. The summed E-state index contributed by atoms with van der Waals surface area (Å²) >= 11 is 0. The molecule has 1 aromatic heterocycles. The fourth-order valence-electron chi connectivity index (χ4n) is 2.57. The van der Waals surface area contributed by atoms with Crippen molar-refractivity contribution in [3.05, 3.63) is 61.2 Å². The van der Waals surface area contributed by atoms with Crippen LogP contribution in [-0.4, -0.2) is 28.1 Å². The first-order chi connectivity index (χ1) is 10.3. The number of hydrogen-bond donors (Lipinski definition) is 1. The lowest BCUT2D eigenvalue weighted by atomic mass is 10.1. The third-order valence-corrected chi connectivity index (χ3v) is 3.56. The molecule has 1 fully saturated rings. The Kier molecular flexibility index (Phi) is 3.83. The van der Waals surface area contributed by atoms with Gasteiger partial charge in [0.1, 0.15) is 11.9 Å². The van der Waals surface area contributed by atoms with Crippen molar-refractivity contribution in [1.29, 1.82) is 0 Å². The number of carbonyl (C=O) groups excluding carboxylic acids is 1. The van der Waals surface area contributed by atoms with Gasteiger partial charge in [-0.1, -0.05) is 24.8 Å². The van der Waals surface area contributed by atoms with E-state index in [4.69, 9.17) is 4.74 Å². The number of para-hydroxylation sites is 1. The maximum atomic E-state index is 11.5. The Morgan fingerprint density at radius 3 is 3.00 bits per heavy atom. The smallest absolute Gasteiger partial charge is 0.243 e. The van der Waals surface area contributed by atoms with Crippen LogP contribution in [0.3, 0.4) is 0 Å². The molecule has 0 saturated carbocycles. The van der Waals surface area contributed by atoms with Crippen molar-refractivity contribution < 1.29 is 9.53 Å². The number of amides is 1. The quantitative estimate of drug-likeness (QED) is 0.873. The van der Waals surface area contributed by atoms with E-state index in [1.54, 1.807) is 6.20 Å². The molecule has 0 aliphatic carbocycles. The number of nitrogens with one attached hydrogen (secondary N) is 1. The van der Waals surface area contributed by atoms with Crippen molar-refractivity contribution in [1.82, 2.24) is 14.9 Å². The van der Waals surface area contributed by atoms with E-state index in [0.717, 1.165) is 17.9 Å². The van der Waals surface area contributed by atoms with Gasteiger partial charge in [0.25, 0.3) is 0 Å². The SMILES string of the molecule is C=CC(=O)N[C@H]1CCO[C@@H]1c1nccn1-c1ccccc1. The summed E-state index contributed by atoms with van der Waals surface area (Å²) in [5.41, 5.74) is 1.02. The normalized spacial score (nSPS) is 21.1. The summed E-state index contributed by atoms with van der Waals surface area (Å²) in [6.07, 6.45) is 5.45. The van der Waals surface area contributed by atoms with E-state index >= 15 is 0 Å². The Morgan fingerprint density at radius 2 is 2.24 bits per heavy atom. The molecule has 2 heterocycles. The van der Waals surface area contributed by atoms with E-state index in [1.165, 1.54) is 6.08 Å². The summed E-state index contributed by atoms with van der Waals surface area (Å²) in [5, 5.41) is 2.91. The fraction of sp³-hybridized carbons (Fsp3) is 0.250. The highest BCUT2D eigenvalue weighted by atomic mass is 16.5. The lowest BCUT2D eigenvalue weighted by Crippen LogP contribution is -2.36. The second kappa shape index (κ2) is 5.93. The van der Waals surface area contributed by atoms with Crippen LogP contribution < -0.4 is 5.32 Å². The standard InChI is InChI=1S/C16H17N3O2/c1-2-14(20)18-13-8-11-21-15(13)16-17-9-10-19(16)12-6-4-3-5-7-12/h2-7,9-10,13,15H,1,8,11H2,(H,18,20)/t13-,15-/m0/s1. The summed E-state index contributed by atoms with van der Waals surface area (Å²) < 4.78 is 7.77. The lowest BCUT2D eigenvalue weighted by molar-refractivity contribution is -0.117. The number of carbonyl (C=O) groups is 1. The third kappa shape index (κ3) is 2.73.